The Morgan fingerprint density at radius 1 is 1.80 bits per heavy atom. The molecule has 3 heteroatoms. The molecule has 0 aromatic heterocycles. The molecule has 0 amide bonds. The molecule has 0 radical (unpaired) electrons. The van der Waals surface area contributed by atoms with Gasteiger partial charge < -0.3 is 10.5 Å². The maximum Gasteiger partial charge on any atom is 0.323 e. The van der Waals surface area contributed by atoms with Gasteiger partial charge in [-0.05, 0) is 5.92 Å². The maximum absolute atomic E-state index is 10.7. The zero-order valence-electron chi connectivity index (χ0n) is 6.33. The number of methoxy groups -OCH3 is 1. The molecule has 0 bridgehead atoms. The van der Waals surface area contributed by atoms with E-state index < -0.39 is 12.0 Å². The van der Waals surface area contributed by atoms with Crippen LogP contribution in [0.1, 0.15) is 6.92 Å². The topological polar surface area (TPSA) is 52.3 Å². The van der Waals surface area contributed by atoms with E-state index in [0.29, 0.717) is 0 Å². The molecule has 0 rings (SSSR count). The molecule has 0 aliphatic carbocycles. The van der Waals surface area contributed by atoms with Crippen LogP contribution >= 0.6 is 0 Å². The number of carbonyl (C=O) groups is 1. The van der Waals surface area contributed by atoms with Gasteiger partial charge in [0.1, 0.15) is 6.04 Å². The second-order valence-electron chi connectivity index (χ2n) is 2.14. The van der Waals surface area contributed by atoms with Gasteiger partial charge in [-0.3, -0.25) is 4.79 Å². The summed E-state index contributed by atoms with van der Waals surface area (Å²) >= 11 is 0. The average molecular weight is 143 g/mol. The fourth-order valence-corrected chi connectivity index (χ4v) is 0.497. The SMILES string of the molecule is C=CC(C)C(N)C(=O)OC. The predicted octanol–water partition coefficient (Wildman–Crippen LogP) is 0.309. The van der Waals surface area contributed by atoms with Crippen molar-refractivity contribution in [3.8, 4) is 0 Å². The van der Waals surface area contributed by atoms with Gasteiger partial charge in [-0.25, -0.2) is 0 Å². The summed E-state index contributed by atoms with van der Waals surface area (Å²) in [6.07, 6.45) is 1.63. The van der Waals surface area contributed by atoms with Crippen LogP contribution in [-0.2, 0) is 9.53 Å². The monoisotopic (exact) mass is 143 g/mol. The van der Waals surface area contributed by atoms with Crippen LogP contribution in [0.3, 0.4) is 0 Å². The number of hydrogen-bond acceptors (Lipinski definition) is 3. The van der Waals surface area contributed by atoms with Crippen molar-refractivity contribution in [1.29, 1.82) is 0 Å². The quantitative estimate of drug-likeness (QED) is 0.457. The van der Waals surface area contributed by atoms with E-state index in [-0.39, 0.29) is 5.92 Å². The van der Waals surface area contributed by atoms with Crippen LogP contribution < -0.4 is 5.73 Å². The van der Waals surface area contributed by atoms with Crippen molar-refractivity contribution >= 4 is 5.97 Å². The van der Waals surface area contributed by atoms with E-state index >= 15 is 0 Å². The van der Waals surface area contributed by atoms with Gasteiger partial charge in [-0.15, -0.1) is 6.58 Å². The molecule has 10 heavy (non-hydrogen) atoms. The highest BCUT2D eigenvalue weighted by molar-refractivity contribution is 5.75. The molecule has 0 heterocycles. The molecule has 0 saturated carbocycles. The summed E-state index contributed by atoms with van der Waals surface area (Å²) in [5.41, 5.74) is 5.44. The summed E-state index contributed by atoms with van der Waals surface area (Å²) in [4.78, 5) is 10.7. The Hall–Kier alpha value is -0.830. The number of ether oxygens (including phenoxy) is 1. The minimum Gasteiger partial charge on any atom is -0.468 e. The molecular formula is C7H13NO2. The molecule has 0 spiro atoms. The van der Waals surface area contributed by atoms with Crippen molar-refractivity contribution in [2.75, 3.05) is 7.11 Å². The van der Waals surface area contributed by atoms with Gasteiger partial charge in [0.15, 0.2) is 0 Å². The summed E-state index contributed by atoms with van der Waals surface area (Å²) in [7, 11) is 1.32. The Bertz CT molecular complexity index is 134. The average Bonchev–Trinajstić information content (AvgIpc) is 2.00. The molecule has 0 saturated heterocycles. The highest BCUT2D eigenvalue weighted by Crippen LogP contribution is 2.01. The van der Waals surface area contributed by atoms with Gasteiger partial charge in [-0.1, -0.05) is 13.0 Å². The number of rotatable bonds is 3. The largest absolute Gasteiger partial charge is 0.468 e. The van der Waals surface area contributed by atoms with Crippen LogP contribution in [0.15, 0.2) is 12.7 Å². The van der Waals surface area contributed by atoms with E-state index in [0.717, 1.165) is 0 Å². The van der Waals surface area contributed by atoms with Gasteiger partial charge in [0.25, 0.3) is 0 Å². The second kappa shape index (κ2) is 4.06. The van der Waals surface area contributed by atoms with Crippen LogP contribution in [0.4, 0.5) is 0 Å². The molecule has 58 valence electrons. The third kappa shape index (κ3) is 2.19. The fraction of sp³-hybridized carbons (Fsp3) is 0.571. The molecule has 0 aliphatic heterocycles. The first-order chi connectivity index (χ1) is 4.63. The van der Waals surface area contributed by atoms with Gasteiger partial charge in [0.05, 0.1) is 7.11 Å². The van der Waals surface area contributed by atoms with Crippen LogP contribution in [0.25, 0.3) is 0 Å². The number of nitrogens with two attached hydrogens (primary N) is 1. The highest BCUT2D eigenvalue weighted by Gasteiger charge is 2.18. The normalized spacial score (nSPS) is 15.5. The number of carbonyl (C=O) groups excluding carboxylic acids is 1. The Labute approximate surface area is 60.9 Å². The summed E-state index contributed by atoms with van der Waals surface area (Å²) in [6, 6.07) is -0.581. The van der Waals surface area contributed by atoms with Crippen molar-refractivity contribution in [3.63, 3.8) is 0 Å². The first kappa shape index (κ1) is 9.17. The van der Waals surface area contributed by atoms with Crippen molar-refractivity contribution in [1.82, 2.24) is 0 Å². The molecule has 2 unspecified atom stereocenters. The van der Waals surface area contributed by atoms with Crippen molar-refractivity contribution < 1.29 is 9.53 Å². The Balaban J connectivity index is 3.93. The lowest BCUT2D eigenvalue weighted by Crippen LogP contribution is -2.36. The Morgan fingerprint density at radius 3 is 2.60 bits per heavy atom. The molecule has 2 N–H and O–H groups in total. The van der Waals surface area contributed by atoms with Crippen molar-refractivity contribution in [3.05, 3.63) is 12.7 Å². The van der Waals surface area contributed by atoms with Gasteiger partial charge >= 0.3 is 5.97 Å². The van der Waals surface area contributed by atoms with Crippen LogP contribution in [-0.4, -0.2) is 19.1 Å². The predicted molar refractivity (Wildman–Crippen MR) is 39.4 cm³/mol. The molecule has 3 nitrogen and oxygen atoms in total. The molecular weight excluding hydrogens is 130 g/mol. The molecule has 2 atom stereocenters. The van der Waals surface area contributed by atoms with Crippen LogP contribution in [0.2, 0.25) is 0 Å². The Morgan fingerprint density at radius 2 is 2.30 bits per heavy atom. The fourth-order valence-electron chi connectivity index (χ4n) is 0.497. The number of esters is 1. The summed E-state index contributed by atoms with van der Waals surface area (Å²) in [5.74, 6) is -0.431. The minimum atomic E-state index is -0.581. The highest BCUT2D eigenvalue weighted by atomic mass is 16.5. The van der Waals surface area contributed by atoms with Crippen molar-refractivity contribution in [2.24, 2.45) is 11.7 Å². The first-order valence-corrected chi connectivity index (χ1v) is 3.09. The van der Waals surface area contributed by atoms with Gasteiger partial charge in [0.2, 0.25) is 0 Å². The van der Waals surface area contributed by atoms with E-state index in [4.69, 9.17) is 5.73 Å². The van der Waals surface area contributed by atoms with E-state index in [9.17, 15) is 4.79 Å². The Kier molecular flexibility index (Phi) is 3.72. The van der Waals surface area contributed by atoms with E-state index in [2.05, 4.69) is 11.3 Å². The summed E-state index contributed by atoms with van der Waals surface area (Å²) in [5, 5.41) is 0. The van der Waals surface area contributed by atoms with Gasteiger partial charge in [-0.2, -0.15) is 0 Å². The third-order valence-electron chi connectivity index (χ3n) is 1.41. The second-order valence-corrected chi connectivity index (χ2v) is 2.14. The zero-order chi connectivity index (χ0) is 8.15. The standard InChI is InChI=1S/C7H13NO2/c1-4-5(2)6(8)7(9)10-3/h4-6H,1,8H2,2-3H3. The summed E-state index contributed by atoms with van der Waals surface area (Å²) < 4.78 is 4.42. The minimum absolute atomic E-state index is 0.0348. The van der Waals surface area contributed by atoms with E-state index in [1.54, 1.807) is 6.08 Å². The van der Waals surface area contributed by atoms with Gasteiger partial charge in [0, 0.05) is 0 Å². The van der Waals surface area contributed by atoms with Crippen LogP contribution in [0.5, 0.6) is 0 Å². The number of hydrogen-bond donors (Lipinski definition) is 1. The van der Waals surface area contributed by atoms with Crippen molar-refractivity contribution in [2.45, 2.75) is 13.0 Å². The lowest BCUT2D eigenvalue weighted by molar-refractivity contribution is -0.142. The van der Waals surface area contributed by atoms with Crippen LogP contribution in [0, 0.1) is 5.92 Å². The maximum atomic E-state index is 10.7. The zero-order valence-corrected chi connectivity index (χ0v) is 6.33. The smallest absolute Gasteiger partial charge is 0.323 e. The lowest BCUT2D eigenvalue weighted by Gasteiger charge is -2.12. The van der Waals surface area contributed by atoms with E-state index in [1.165, 1.54) is 7.11 Å². The van der Waals surface area contributed by atoms with E-state index in [1.807, 2.05) is 6.92 Å². The lowest BCUT2D eigenvalue weighted by atomic mass is 10.0. The third-order valence-corrected chi connectivity index (χ3v) is 1.41. The summed E-state index contributed by atoms with van der Waals surface area (Å²) in [6.45, 7) is 5.32. The molecule has 0 aliphatic rings. The molecule has 0 aromatic rings. The first-order valence-electron chi connectivity index (χ1n) is 3.09. The molecule has 0 fully saturated rings. The molecule has 0 aromatic carbocycles.